The van der Waals surface area contributed by atoms with Crippen LogP contribution in [0, 0.1) is 11.3 Å². The number of rotatable bonds is 5. The molecule has 3 rings (SSSR count). The van der Waals surface area contributed by atoms with Crippen molar-refractivity contribution >= 4 is 5.52 Å². The van der Waals surface area contributed by atoms with Crippen molar-refractivity contribution in [2.75, 3.05) is 19.6 Å². The first kappa shape index (κ1) is 14.1. The van der Waals surface area contributed by atoms with Crippen LogP contribution in [0.25, 0.3) is 5.52 Å². The average Bonchev–Trinajstić information content (AvgIpc) is 3.13. The third kappa shape index (κ3) is 2.94. The van der Waals surface area contributed by atoms with E-state index in [9.17, 15) is 5.26 Å². The molecule has 2 aromatic heterocycles. The maximum atomic E-state index is 9.48. The fraction of sp³-hybridized carbons (Fsp3) is 0.471. The van der Waals surface area contributed by atoms with Crippen molar-refractivity contribution in [3.05, 3.63) is 41.7 Å². The molecule has 0 bridgehead atoms. The number of hydrogen-bond acceptors (Lipinski definition) is 3. The first-order valence-electron chi connectivity index (χ1n) is 7.76. The minimum absolute atomic E-state index is 0.604. The van der Waals surface area contributed by atoms with Crippen molar-refractivity contribution in [3.8, 4) is 6.07 Å². The van der Waals surface area contributed by atoms with E-state index < -0.39 is 0 Å². The van der Waals surface area contributed by atoms with Crippen molar-refractivity contribution in [3.63, 3.8) is 0 Å². The molecule has 1 saturated heterocycles. The monoisotopic (exact) mass is 282 g/mol. The zero-order valence-corrected chi connectivity index (χ0v) is 12.5. The maximum Gasteiger partial charge on any atom is 0.102 e. The second-order valence-corrected chi connectivity index (χ2v) is 5.76. The Morgan fingerprint density at radius 3 is 3.10 bits per heavy atom. The molecule has 0 radical (unpaired) electrons. The van der Waals surface area contributed by atoms with E-state index in [1.54, 1.807) is 0 Å². The molecular formula is C17H22N4. The van der Waals surface area contributed by atoms with E-state index >= 15 is 0 Å². The number of aromatic nitrogens is 1. The summed E-state index contributed by atoms with van der Waals surface area (Å²) in [4.78, 5) is 2.43. The smallest absolute Gasteiger partial charge is 0.102 e. The topological polar surface area (TPSA) is 43.5 Å². The average molecular weight is 282 g/mol. The van der Waals surface area contributed by atoms with Crippen molar-refractivity contribution in [2.24, 2.45) is 0 Å². The van der Waals surface area contributed by atoms with Gasteiger partial charge in [-0.25, -0.2) is 0 Å². The molecule has 2 aromatic rings. The van der Waals surface area contributed by atoms with Crippen LogP contribution < -0.4 is 5.32 Å². The zero-order chi connectivity index (χ0) is 14.7. The summed E-state index contributed by atoms with van der Waals surface area (Å²) in [6, 6.07) is 8.98. The molecule has 4 nitrogen and oxygen atoms in total. The minimum Gasteiger partial charge on any atom is -0.322 e. The fourth-order valence-corrected chi connectivity index (χ4v) is 3.20. The number of hydrogen-bond donors (Lipinski definition) is 1. The van der Waals surface area contributed by atoms with Crippen LogP contribution in [0.2, 0.25) is 0 Å². The second kappa shape index (κ2) is 6.30. The molecule has 1 fully saturated rings. The van der Waals surface area contributed by atoms with Gasteiger partial charge in [-0.15, -0.1) is 0 Å². The molecule has 1 unspecified atom stereocenters. The van der Waals surface area contributed by atoms with Crippen LogP contribution >= 0.6 is 0 Å². The summed E-state index contributed by atoms with van der Waals surface area (Å²) in [7, 11) is 0. The van der Waals surface area contributed by atoms with Crippen LogP contribution in [0.1, 0.15) is 30.9 Å². The largest absolute Gasteiger partial charge is 0.322 e. The van der Waals surface area contributed by atoms with Gasteiger partial charge in [0.15, 0.2) is 0 Å². The van der Waals surface area contributed by atoms with Crippen molar-refractivity contribution < 1.29 is 0 Å². The van der Waals surface area contributed by atoms with E-state index in [1.165, 1.54) is 12.8 Å². The molecule has 3 heterocycles. The Bertz CT molecular complexity index is 646. The number of nitrogens with one attached hydrogen (secondary N) is 1. The van der Waals surface area contributed by atoms with Crippen LogP contribution in [0.15, 0.2) is 30.6 Å². The summed E-state index contributed by atoms with van der Waals surface area (Å²) in [5.74, 6) is 0. The number of fused-ring (bicyclic) bond motifs is 1. The van der Waals surface area contributed by atoms with Crippen LogP contribution in [-0.2, 0) is 6.54 Å². The lowest BCUT2D eigenvalue weighted by atomic mass is 10.1. The highest BCUT2D eigenvalue weighted by Crippen LogP contribution is 2.20. The third-order valence-electron chi connectivity index (χ3n) is 4.36. The Balaban J connectivity index is 1.80. The van der Waals surface area contributed by atoms with Gasteiger partial charge in [-0.3, -0.25) is 4.90 Å². The van der Waals surface area contributed by atoms with Crippen molar-refractivity contribution in [1.29, 1.82) is 5.26 Å². The van der Waals surface area contributed by atoms with E-state index in [1.807, 2.05) is 24.4 Å². The Morgan fingerprint density at radius 2 is 2.38 bits per heavy atom. The Morgan fingerprint density at radius 1 is 1.48 bits per heavy atom. The highest BCUT2D eigenvalue weighted by Gasteiger charge is 2.19. The van der Waals surface area contributed by atoms with Crippen molar-refractivity contribution in [1.82, 2.24) is 14.6 Å². The van der Waals surface area contributed by atoms with Gasteiger partial charge in [-0.05, 0) is 38.1 Å². The van der Waals surface area contributed by atoms with E-state index in [0.29, 0.717) is 6.04 Å². The van der Waals surface area contributed by atoms with E-state index in [4.69, 9.17) is 0 Å². The summed E-state index contributed by atoms with van der Waals surface area (Å²) in [5.41, 5.74) is 2.95. The lowest BCUT2D eigenvalue weighted by Gasteiger charge is -2.23. The Hall–Kier alpha value is -1.83. The summed E-state index contributed by atoms with van der Waals surface area (Å²) >= 11 is 0. The Labute approximate surface area is 126 Å². The quantitative estimate of drug-likeness (QED) is 0.915. The molecule has 0 aliphatic carbocycles. The van der Waals surface area contributed by atoms with Crippen LogP contribution in [0.4, 0.5) is 0 Å². The molecule has 0 amide bonds. The lowest BCUT2D eigenvalue weighted by molar-refractivity contribution is 0.253. The van der Waals surface area contributed by atoms with E-state index in [-0.39, 0.29) is 0 Å². The molecule has 0 aromatic carbocycles. The number of nitrogens with zero attached hydrogens (tertiary/aromatic N) is 3. The van der Waals surface area contributed by atoms with Gasteiger partial charge in [0.1, 0.15) is 6.07 Å². The zero-order valence-electron chi connectivity index (χ0n) is 12.5. The standard InChI is InChI=1S/C17H22N4/c1-2-20(13-15-6-5-8-19-15)11-14-12-21-9-4-3-7-17(21)16(14)10-18/h3-4,7,9,12,15,19H,2,5-6,8,11,13H2,1H3. The van der Waals surface area contributed by atoms with Gasteiger partial charge >= 0.3 is 0 Å². The minimum atomic E-state index is 0.604. The van der Waals surface area contributed by atoms with Crippen LogP contribution in [-0.4, -0.2) is 35.0 Å². The summed E-state index contributed by atoms with van der Waals surface area (Å²) in [5, 5.41) is 13.0. The SMILES string of the molecule is CCN(Cc1cn2ccccc2c1C#N)CC1CCCN1. The molecule has 1 N–H and O–H groups in total. The van der Waals surface area contributed by atoms with Crippen LogP contribution in [0.5, 0.6) is 0 Å². The number of likely N-dealkylation sites (N-methyl/N-ethyl adjacent to an activating group) is 1. The van der Waals surface area contributed by atoms with Gasteiger partial charge in [0.25, 0.3) is 0 Å². The molecule has 0 saturated carbocycles. The first-order valence-corrected chi connectivity index (χ1v) is 7.76. The van der Waals surface area contributed by atoms with Crippen LogP contribution in [0.3, 0.4) is 0 Å². The highest BCUT2D eigenvalue weighted by atomic mass is 15.1. The molecule has 1 aliphatic rings. The molecule has 1 atom stereocenters. The van der Waals surface area contributed by atoms with Gasteiger partial charge in [0, 0.05) is 37.1 Å². The van der Waals surface area contributed by atoms with Crippen molar-refractivity contribution in [2.45, 2.75) is 32.4 Å². The molecular weight excluding hydrogens is 260 g/mol. The Kier molecular flexibility index (Phi) is 4.23. The molecule has 0 spiro atoms. The number of pyridine rings is 1. The summed E-state index contributed by atoms with van der Waals surface area (Å²) < 4.78 is 2.05. The van der Waals surface area contributed by atoms with E-state index in [2.05, 4.69) is 33.8 Å². The number of nitriles is 1. The van der Waals surface area contributed by atoms with E-state index in [0.717, 1.165) is 42.8 Å². The predicted octanol–water partition coefficient (Wildman–Crippen LogP) is 2.38. The molecule has 4 heteroatoms. The molecule has 21 heavy (non-hydrogen) atoms. The van der Waals surface area contributed by atoms with Gasteiger partial charge in [0.2, 0.25) is 0 Å². The predicted molar refractivity (Wildman–Crippen MR) is 84.1 cm³/mol. The fourth-order valence-electron chi connectivity index (χ4n) is 3.20. The first-order chi connectivity index (χ1) is 10.3. The van der Waals surface area contributed by atoms with Gasteiger partial charge in [0.05, 0.1) is 11.1 Å². The summed E-state index contributed by atoms with van der Waals surface area (Å²) in [6.45, 7) is 6.25. The van der Waals surface area contributed by atoms with Gasteiger partial charge < -0.3 is 9.72 Å². The summed E-state index contributed by atoms with van der Waals surface area (Å²) in [6.07, 6.45) is 6.65. The third-order valence-corrected chi connectivity index (χ3v) is 4.36. The highest BCUT2D eigenvalue weighted by molar-refractivity contribution is 5.65. The van der Waals surface area contributed by atoms with Gasteiger partial charge in [-0.1, -0.05) is 13.0 Å². The maximum absolute atomic E-state index is 9.48. The molecule has 110 valence electrons. The lowest BCUT2D eigenvalue weighted by Crippen LogP contribution is -2.37. The molecule has 1 aliphatic heterocycles. The second-order valence-electron chi connectivity index (χ2n) is 5.76. The van der Waals surface area contributed by atoms with Gasteiger partial charge in [-0.2, -0.15) is 5.26 Å². The normalized spacial score (nSPS) is 18.4.